The summed E-state index contributed by atoms with van der Waals surface area (Å²) in [5, 5.41) is 5.57. The first-order valence-electron chi connectivity index (χ1n) is 8.21. The number of nitrogens with one attached hydrogen (secondary N) is 2. The van der Waals surface area contributed by atoms with E-state index in [9.17, 15) is 9.59 Å². The molecule has 2 N–H and O–H groups in total. The molecule has 0 aliphatic heterocycles. The Balaban J connectivity index is 1.68. The molecule has 2 heterocycles. The number of nitrogens with zero attached hydrogens (tertiary/aromatic N) is 1. The molecular formula is C20H19N3O3. The summed E-state index contributed by atoms with van der Waals surface area (Å²) >= 11 is 0. The molecule has 3 aromatic rings. The number of hydrogen-bond acceptors (Lipinski definition) is 4. The van der Waals surface area contributed by atoms with Crippen LogP contribution in [0.2, 0.25) is 0 Å². The Morgan fingerprint density at radius 1 is 1.04 bits per heavy atom. The largest absolute Gasteiger partial charge is 0.469 e. The highest BCUT2D eigenvalue weighted by atomic mass is 16.3. The van der Waals surface area contributed by atoms with Gasteiger partial charge in [0.25, 0.3) is 5.91 Å². The van der Waals surface area contributed by atoms with Gasteiger partial charge in [0, 0.05) is 12.4 Å². The number of benzene rings is 1. The molecule has 3 rings (SSSR count). The summed E-state index contributed by atoms with van der Waals surface area (Å²) in [7, 11) is 0. The Morgan fingerprint density at radius 3 is 2.38 bits per heavy atom. The van der Waals surface area contributed by atoms with Crippen molar-refractivity contribution in [2.24, 2.45) is 0 Å². The lowest BCUT2D eigenvalue weighted by molar-refractivity contribution is -0.120. The van der Waals surface area contributed by atoms with Crippen molar-refractivity contribution in [2.75, 3.05) is 6.54 Å². The highest BCUT2D eigenvalue weighted by Crippen LogP contribution is 2.21. The van der Waals surface area contributed by atoms with Gasteiger partial charge in [0.05, 0.1) is 24.4 Å². The number of aryl methyl sites for hydroxylation is 1. The van der Waals surface area contributed by atoms with Crippen molar-refractivity contribution in [3.8, 4) is 0 Å². The maximum atomic E-state index is 12.4. The van der Waals surface area contributed by atoms with Gasteiger partial charge in [-0.05, 0) is 36.2 Å². The van der Waals surface area contributed by atoms with Gasteiger partial charge in [-0.3, -0.25) is 14.6 Å². The monoisotopic (exact) mass is 349 g/mol. The van der Waals surface area contributed by atoms with Crippen LogP contribution in [0.15, 0.2) is 71.6 Å². The summed E-state index contributed by atoms with van der Waals surface area (Å²) in [5.74, 6) is -0.112. The van der Waals surface area contributed by atoms with E-state index in [4.69, 9.17) is 4.42 Å². The predicted molar refractivity (Wildman–Crippen MR) is 96.4 cm³/mol. The van der Waals surface area contributed by atoms with Crippen LogP contribution in [-0.2, 0) is 4.79 Å². The summed E-state index contributed by atoms with van der Waals surface area (Å²) < 4.78 is 5.11. The molecule has 0 aliphatic carbocycles. The first-order chi connectivity index (χ1) is 12.6. The van der Waals surface area contributed by atoms with Gasteiger partial charge in [-0.15, -0.1) is 0 Å². The average molecular weight is 349 g/mol. The van der Waals surface area contributed by atoms with Gasteiger partial charge in [0.15, 0.2) is 0 Å². The molecule has 26 heavy (non-hydrogen) atoms. The van der Waals surface area contributed by atoms with Gasteiger partial charge in [-0.25, -0.2) is 0 Å². The summed E-state index contributed by atoms with van der Waals surface area (Å²) in [6.07, 6.45) is 4.81. The SMILES string of the molecule is Cc1occc1C(=O)NCC(=O)NC(c1ccccc1)c1ccncc1. The first kappa shape index (κ1) is 17.4. The average Bonchev–Trinajstić information content (AvgIpc) is 3.11. The number of pyridine rings is 1. The normalized spacial score (nSPS) is 11.6. The predicted octanol–water partition coefficient (Wildman–Crippen LogP) is 2.62. The fourth-order valence-electron chi connectivity index (χ4n) is 2.65. The van der Waals surface area contributed by atoms with Crippen LogP contribution in [0.3, 0.4) is 0 Å². The number of furan rings is 1. The Morgan fingerprint density at radius 2 is 1.73 bits per heavy atom. The van der Waals surface area contributed by atoms with Gasteiger partial charge < -0.3 is 15.1 Å². The van der Waals surface area contributed by atoms with Crippen LogP contribution in [0.5, 0.6) is 0 Å². The second-order valence-corrected chi connectivity index (χ2v) is 5.76. The van der Waals surface area contributed by atoms with Crippen molar-refractivity contribution in [1.29, 1.82) is 0 Å². The highest BCUT2D eigenvalue weighted by molar-refractivity contribution is 5.97. The second-order valence-electron chi connectivity index (χ2n) is 5.76. The zero-order chi connectivity index (χ0) is 18.4. The van der Waals surface area contributed by atoms with Gasteiger partial charge in [0.1, 0.15) is 5.76 Å². The Kier molecular flexibility index (Phi) is 5.43. The minimum atomic E-state index is -0.341. The lowest BCUT2D eigenvalue weighted by Gasteiger charge is -2.20. The molecule has 0 saturated carbocycles. The number of aromatic nitrogens is 1. The molecular weight excluding hydrogens is 330 g/mol. The molecule has 1 unspecified atom stereocenters. The van der Waals surface area contributed by atoms with E-state index in [1.54, 1.807) is 25.4 Å². The standard InChI is InChI=1S/C20H19N3O3/c1-14-17(9-12-26-14)20(25)22-13-18(24)23-19(15-5-3-2-4-6-15)16-7-10-21-11-8-16/h2-12,19H,13H2,1H3,(H,22,25)(H,23,24). The highest BCUT2D eigenvalue weighted by Gasteiger charge is 2.18. The lowest BCUT2D eigenvalue weighted by Crippen LogP contribution is -2.39. The van der Waals surface area contributed by atoms with E-state index in [0.717, 1.165) is 11.1 Å². The van der Waals surface area contributed by atoms with Crippen LogP contribution in [0.25, 0.3) is 0 Å². The summed E-state index contributed by atoms with van der Waals surface area (Å²) in [6.45, 7) is 1.57. The Hall–Kier alpha value is -3.41. The van der Waals surface area contributed by atoms with E-state index in [1.807, 2.05) is 42.5 Å². The quantitative estimate of drug-likeness (QED) is 0.716. The maximum Gasteiger partial charge on any atom is 0.255 e. The summed E-state index contributed by atoms with van der Waals surface area (Å²) in [6, 6.07) is 14.6. The van der Waals surface area contributed by atoms with Gasteiger partial charge in [0.2, 0.25) is 5.91 Å². The van der Waals surface area contributed by atoms with Crippen LogP contribution in [0, 0.1) is 6.92 Å². The molecule has 0 aliphatic rings. The van der Waals surface area contributed by atoms with Crippen LogP contribution in [0.4, 0.5) is 0 Å². The number of carbonyl (C=O) groups excluding carboxylic acids is 2. The fourth-order valence-corrected chi connectivity index (χ4v) is 2.65. The van der Waals surface area contributed by atoms with E-state index < -0.39 is 0 Å². The topological polar surface area (TPSA) is 84.2 Å². The number of hydrogen-bond donors (Lipinski definition) is 2. The van der Waals surface area contributed by atoms with Gasteiger partial charge >= 0.3 is 0 Å². The molecule has 1 aromatic carbocycles. The van der Waals surface area contributed by atoms with Crippen molar-refractivity contribution >= 4 is 11.8 Å². The smallest absolute Gasteiger partial charge is 0.255 e. The number of rotatable bonds is 6. The first-order valence-corrected chi connectivity index (χ1v) is 8.21. The fraction of sp³-hybridized carbons (Fsp3) is 0.150. The molecule has 132 valence electrons. The van der Waals surface area contributed by atoms with Crippen molar-refractivity contribution in [3.05, 3.63) is 89.6 Å². The van der Waals surface area contributed by atoms with E-state index >= 15 is 0 Å². The van der Waals surface area contributed by atoms with Crippen molar-refractivity contribution < 1.29 is 14.0 Å². The zero-order valence-corrected chi connectivity index (χ0v) is 14.3. The summed E-state index contributed by atoms with van der Waals surface area (Å²) in [4.78, 5) is 28.5. The molecule has 0 radical (unpaired) electrons. The Bertz CT molecular complexity index is 836. The molecule has 0 saturated heterocycles. The van der Waals surface area contributed by atoms with E-state index in [0.29, 0.717) is 11.3 Å². The minimum absolute atomic E-state index is 0.127. The van der Waals surface area contributed by atoms with Crippen molar-refractivity contribution in [3.63, 3.8) is 0 Å². The number of carbonyl (C=O) groups is 2. The van der Waals surface area contributed by atoms with Crippen LogP contribution >= 0.6 is 0 Å². The lowest BCUT2D eigenvalue weighted by atomic mass is 10.00. The molecule has 0 bridgehead atoms. The molecule has 0 fully saturated rings. The number of amides is 2. The zero-order valence-electron chi connectivity index (χ0n) is 14.3. The Labute approximate surface area is 151 Å². The maximum absolute atomic E-state index is 12.4. The third-order valence-corrected chi connectivity index (χ3v) is 3.99. The minimum Gasteiger partial charge on any atom is -0.469 e. The van der Waals surface area contributed by atoms with E-state index in [-0.39, 0.29) is 24.4 Å². The van der Waals surface area contributed by atoms with E-state index in [2.05, 4.69) is 15.6 Å². The van der Waals surface area contributed by atoms with Gasteiger partial charge in [-0.2, -0.15) is 0 Å². The van der Waals surface area contributed by atoms with Gasteiger partial charge in [-0.1, -0.05) is 30.3 Å². The molecule has 2 amide bonds. The second kappa shape index (κ2) is 8.11. The molecule has 6 heteroatoms. The molecule has 6 nitrogen and oxygen atoms in total. The summed E-state index contributed by atoms with van der Waals surface area (Å²) in [5.41, 5.74) is 2.28. The van der Waals surface area contributed by atoms with Crippen LogP contribution < -0.4 is 10.6 Å². The molecule has 2 aromatic heterocycles. The molecule has 1 atom stereocenters. The third-order valence-electron chi connectivity index (χ3n) is 3.99. The van der Waals surface area contributed by atoms with Crippen LogP contribution in [-0.4, -0.2) is 23.3 Å². The van der Waals surface area contributed by atoms with E-state index in [1.165, 1.54) is 6.26 Å². The van der Waals surface area contributed by atoms with Crippen LogP contribution in [0.1, 0.15) is 33.3 Å². The third kappa shape index (κ3) is 4.16. The van der Waals surface area contributed by atoms with Crippen molar-refractivity contribution in [2.45, 2.75) is 13.0 Å². The van der Waals surface area contributed by atoms with Crippen molar-refractivity contribution in [1.82, 2.24) is 15.6 Å². The molecule has 0 spiro atoms.